The number of aromatic nitrogens is 1. The molecule has 3 rings (SSSR count). The fourth-order valence-corrected chi connectivity index (χ4v) is 2.49. The number of carbonyl (C=O) groups is 1. The van der Waals surface area contributed by atoms with Crippen molar-refractivity contribution in [2.45, 2.75) is 6.92 Å². The largest absolute Gasteiger partial charge is 0.352 e. The van der Waals surface area contributed by atoms with E-state index in [1.54, 1.807) is 25.1 Å². The second kappa shape index (κ2) is 7.49. The van der Waals surface area contributed by atoms with Crippen LogP contribution in [0.25, 0.3) is 0 Å². The number of hydrogen-bond donors (Lipinski definition) is 2. The molecule has 0 saturated carbocycles. The Morgan fingerprint density at radius 1 is 1.08 bits per heavy atom. The van der Waals surface area contributed by atoms with Crippen molar-refractivity contribution in [2.24, 2.45) is 0 Å². The summed E-state index contributed by atoms with van der Waals surface area (Å²) in [5, 5.41) is 6.08. The molecule has 2 aromatic carbocycles. The van der Waals surface area contributed by atoms with Crippen molar-refractivity contribution in [1.82, 2.24) is 4.98 Å². The Kier molecular flexibility index (Phi) is 5.14. The highest BCUT2D eigenvalue weighted by molar-refractivity contribution is 6.31. The first kappa shape index (κ1) is 17.8. The number of benzene rings is 2. The molecule has 0 spiro atoms. The van der Waals surface area contributed by atoms with Crippen LogP contribution in [-0.2, 0) is 0 Å². The third-order valence-corrected chi connectivity index (χ3v) is 4.14. The van der Waals surface area contributed by atoms with Crippen LogP contribution >= 0.6 is 11.6 Å². The van der Waals surface area contributed by atoms with Crippen LogP contribution in [0.2, 0.25) is 5.02 Å². The predicted molar refractivity (Wildman–Crippen MR) is 98.0 cm³/mol. The van der Waals surface area contributed by atoms with E-state index in [1.807, 2.05) is 0 Å². The molecule has 3 aromatic rings. The van der Waals surface area contributed by atoms with Gasteiger partial charge in [-0.15, -0.1) is 0 Å². The van der Waals surface area contributed by atoms with Gasteiger partial charge in [-0.1, -0.05) is 17.7 Å². The zero-order valence-corrected chi connectivity index (χ0v) is 14.4. The van der Waals surface area contributed by atoms with E-state index in [9.17, 15) is 13.6 Å². The third-order valence-electron chi connectivity index (χ3n) is 3.73. The minimum atomic E-state index is -0.741. The molecule has 0 unspecified atom stereocenters. The maximum Gasteiger partial charge on any atom is 0.257 e. The Labute approximate surface area is 153 Å². The fraction of sp³-hybridized carbons (Fsp3) is 0.0526. The van der Waals surface area contributed by atoms with E-state index in [4.69, 9.17) is 11.6 Å². The molecular formula is C19H14ClF2N3O. The summed E-state index contributed by atoms with van der Waals surface area (Å²) in [6.45, 7) is 1.80. The highest BCUT2D eigenvalue weighted by atomic mass is 35.5. The molecule has 0 saturated heterocycles. The average molecular weight is 374 g/mol. The highest BCUT2D eigenvalue weighted by Crippen LogP contribution is 2.24. The van der Waals surface area contributed by atoms with Gasteiger partial charge in [0.1, 0.15) is 11.6 Å². The lowest BCUT2D eigenvalue weighted by atomic mass is 10.2. The number of anilines is 3. The fourth-order valence-electron chi connectivity index (χ4n) is 2.32. The number of hydrogen-bond acceptors (Lipinski definition) is 3. The Morgan fingerprint density at radius 3 is 2.65 bits per heavy atom. The number of nitrogens with zero attached hydrogens (tertiary/aromatic N) is 1. The first-order valence-electron chi connectivity index (χ1n) is 7.67. The molecule has 26 heavy (non-hydrogen) atoms. The van der Waals surface area contributed by atoms with Gasteiger partial charge in [-0.3, -0.25) is 9.78 Å². The molecule has 2 N–H and O–H groups in total. The van der Waals surface area contributed by atoms with Crippen LogP contribution in [0.5, 0.6) is 0 Å². The van der Waals surface area contributed by atoms with E-state index in [0.717, 1.165) is 17.7 Å². The van der Waals surface area contributed by atoms with Gasteiger partial charge in [0.05, 0.1) is 23.1 Å². The van der Waals surface area contributed by atoms with Crippen molar-refractivity contribution in [2.75, 3.05) is 10.6 Å². The molecule has 0 atom stereocenters. The topological polar surface area (TPSA) is 54.0 Å². The minimum Gasteiger partial charge on any atom is -0.352 e. The van der Waals surface area contributed by atoms with Gasteiger partial charge in [0.2, 0.25) is 0 Å². The number of pyridine rings is 1. The lowest BCUT2D eigenvalue weighted by Gasteiger charge is -2.11. The second-order valence-corrected chi connectivity index (χ2v) is 5.99. The molecule has 1 amide bonds. The van der Waals surface area contributed by atoms with E-state index >= 15 is 0 Å². The molecule has 132 valence electrons. The summed E-state index contributed by atoms with van der Waals surface area (Å²) in [6.07, 6.45) is 2.83. The molecule has 0 aliphatic heterocycles. The van der Waals surface area contributed by atoms with Crippen LogP contribution in [0.3, 0.4) is 0 Å². The molecule has 4 nitrogen and oxygen atoms in total. The van der Waals surface area contributed by atoms with Crippen molar-refractivity contribution in [1.29, 1.82) is 0 Å². The summed E-state index contributed by atoms with van der Waals surface area (Å²) < 4.78 is 26.7. The van der Waals surface area contributed by atoms with Crippen molar-refractivity contribution in [3.8, 4) is 0 Å². The van der Waals surface area contributed by atoms with Crippen LogP contribution in [0.1, 0.15) is 15.9 Å². The summed E-state index contributed by atoms with van der Waals surface area (Å²) in [7, 11) is 0. The molecule has 0 fully saturated rings. The molecular weight excluding hydrogens is 360 g/mol. The van der Waals surface area contributed by atoms with Gasteiger partial charge in [-0.25, -0.2) is 8.78 Å². The minimum absolute atomic E-state index is 0.0800. The SMILES string of the molecule is Cc1c(Cl)cccc1NC(=O)c1cncc(Nc2ccc(F)cc2F)c1. The summed E-state index contributed by atoms with van der Waals surface area (Å²) in [4.78, 5) is 16.4. The number of amides is 1. The van der Waals surface area contributed by atoms with E-state index in [0.29, 0.717) is 16.4 Å². The zero-order chi connectivity index (χ0) is 18.7. The number of nitrogens with one attached hydrogen (secondary N) is 2. The maximum atomic E-state index is 13.8. The summed E-state index contributed by atoms with van der Waals surface area (Å²) >= 11 is 6.05. The van der Waals surface area contributed by atoms with Crippen LogP contribution in [0.4, 0.5) is 25.8 Å². The van der Waals surface area contributed by atoms with E-state index in [-0.39, 0.29) is 17.2 Å². The summed E-state index contributed by atoms with van der Waals surface area (Å²) in [6, 6.07) is 9.90. The lowest BCUT2D eigenvalue weighted by molar-refractivity contribution is 0.102. The Morgan fingerprint density at radius 2 is 1.88 bits per heavy atom. The third kappa shape index (κ3) is 3.97. The van der Waals surface area contributed by atoms with Crippen molar-refractivity contribution in [3.05, 3.63) is 82.6 Å². The van der Waals surface area contributed by atoms with Gasteiger partial charge in [0, 0.05) is 23.0 Å². The zero-order valence-electron chi connectivity index (χ0n) is 13.7. The molecule has 0 aliphatic rings. The number of halogens is 3. The average Bonchev–Trinajstić information content (AvgIpc) is 2.61. The van der Waals surface area contributed by atoms with Gasteiger partial charge in [-0.05, 0) is 42.8 Å². The normalized spacial score (nSPS) is 10.5. The van der Waals surface area contributed by atoms with Gasteiger partial charge in [0.25, 0.3) is 5.91 Å². The Hall–Kier alpha value is -2.99. The monoisotopic (exact) mass is 373 g/mol. The first-order valence-corrected chi connectivity index (χ1v) is 8.05. The summed E-state index contributed by atoms with van der Waals surface area (Å²) in [5.41, 5.74) is 2.09. The maximum absolute atomic E-state index is 13.8. The van der Waals surface area contributed by atoms with Gasteiger partial charge >= 0.3 is 0 Å². The van der Waals surface area contributed by atoms with Gasteiger partial charge in [0.15, 0.2) is 0 Å². The molecule has 0 aliphatic carbocycles. The highest BCUT2D eigenvalue weighted by Gasteiger charge is 2.11. The first-order chi connectivity index (χ1) is 12.4. The van der Waals surface area contributed by atoms with Gasteiger partial charge in [-0.2, -0.15) is 0 Å². The molecule has 1 heterocycles. The van der Waals surface area contributed by atoms with Crippen molar-refractivity contribution < 1.29 is 13.6 Å². The van der Waals surface area contributed by atoms with Crippen LogP contribution in [0.15, 0.2) is 54.9 Å². The van der Waals surface area contributed by atoms with Crippen LogP contribution in [0, 0.1) is 18.6 Å². The van der Waals surface area contributed by atoms with E-state index < -0.39 is 11.6 Å². The number of carbonyl (C=O) groups excluding carboxylic acids is 1. The molecule has 1 aromatic heterocycles. The molecule has 0 bridgehead atoms. The molecule has 0 radical (unpaired) electrons. The van der Waals surface area contributed by atoms with Crippen LogP contribution in [-0.4, -0.2) is 10.9 Å². The summed E-state index contributed by atoms with van der Waals surface area (Å²) in [5.74, 6) is -1.79. The number of rotatable bonds is 4. The Balaban J connectivity index is 1.80. The van der Waals surface area contributed by atoms with E-state index in [2.05, 4.69) is 15.6 Å². The van der Waals surface area contributed by atoms with Gasteiger partial charge < -0.3 is 10.6 Å². The second-order valence-electron chi connectivity index (χ2n) is 5.58. The smallest absolute Gasteiger partial charge is 0.257 e. The molecule has 7 heteroatoms. The van der Waals surface area contributed by atoms with Crippen molar-refractivity contribution >= 4 is 34.6 Å². The van der Waals surface area contributed by atoms with Crippen molar-refractivity contribution in [3.63, 3.8) is 0 Å². The standard InChI is InChI=1S/C19H14ClF2N3O/c1-11-15(20)3-2-4-17(11)25-19(26)12-7-14(10-23-9-12)24-18-6-5-13(21)8-16(18)22/h2-10,24H,1H3,(H,25,26). The van der Waals surface area contributed by atoms with E-state index in [1.165, 1.54) is 24.5 Å². The predicted octanol–water partition coefficient (Wildman–Crippen LogP) is 5.32. The van der Waals surface area contributed by atoms with Crippen LogP contribution < -0.4 is 10.6 Å². The lowest BCUT2D eigenvalue weighted by Crippen LogP contribution is -2.13. The quantitative estimate of drug-likeness (QED) is 0.651. The Bertz CT molecular complexity index is 979.